The summed E-state index contributed by atoms with van der Waals surface area (Å²) < 4.78 is 22.7. The molecule has 0 unspecified atom stereocenters. The van der Waals surface area contributed by atoms with Crippen molar-refractivity contribution in [3.63, 3.8) is 0 Å². The average Bonchev–Trinajstić information content (AvgIpc) is 3.16. The van der Waals surface area contributed by atoms with Crippen molar-refractivity contribution in [2.75, 3.05) is 26.2 Å². The molecule has 0 bridgehead atoms. The summed E-state index contributed by atoms with van der Waals surface area (Å²) in [5, 5.41) is 64.3. The minimum absolute atomic E-state index is 0.0256. The summed E-state index contributed by atoms with van der Waals surface area (Å²) in [5.74, 6) is 0. The SMILES string of the molecule is NCCN(O)C(=O)N[C@@H]1C[C@H](N)C[C@H](O[C@@H]2O[C@H](CO)[C@@H](O[C@H]3O[C@@H](CN)[C@@H](O)[C@H](O)[C@H]3N)[C@H]2O)[C@H]1O. The molecule has 3 rings (SSSR count). The van der Waals surface area contributed by atoms with Gasteiger partial charge in [-0.3, -0.25) is 5.21 Å². The van der Waals surface area contributed by atoms with Crippen LogP contribution in [-0.2, 0) is 18.9 Å². The largest absolute Gasteiger partial charge is 0.394 e. The molecule has 37 heavy (non-hydrogen) atoms. The van der Waals surface area contributed by atoms with Gasteiger partial charge in [-0.15, -0.1) is 0 Å². The predicted octanol–water partition coefficient (Wildman–Crippen LogP) is -6.22. The number of nitrogens with one attached hydrogen (secondary N) is 1. The maximum Gasteiger partial charge on any atom is 0.341 e. The van der Waals surface area contributed by atoms with Gasteiger partial charge in [-0.1, -0.05) is 0 Å². The minimum Gasteiger partial charge on any atom is -0.394 e. The molecule has 17 nitrogen and oxygen atoms in total. The van der Waals surface area contributed by atoms with E-state index in [0.717, 1.165) is 0 Å². The van der Waals surface area contributed by atoms with Gasteiger partial charge in [0.2, 0.25) is 0 Å². The Hall–Kier alpha value is -1.29. The maximum absolute atomic E-state index is 12.1. The minimum atomic E-state index is -1.50. The van der Waals surface area contributed by atoms with E-state index in [2.05, 4.69) is 5.32 Å². The first-order valence-corrected chi connectivity index (χ1v) is 12.1. The molecule has 1 aliphatic carbocycles. The first-order valence-electron chi connectivity index (χ1n) is 12.1. The van der Waals surface area contributed by atoms with Gasteiger partial charge in [-0.25, -0.2) is 9.86 Å². The third-order valence-corrected chi connectivity index (χ3v) is 6.82. The number of hydroxylamine groups is 2. The number of urea groups is 1. The van der Waals surface area contributed by atoms with E-state index in [1.807, 2.05) is 0 Å². The number of nitrogens with two attached hydrogens (primary N) is 4. The highest BCUT2D eigenvalue weighted by Gasteiger charge is 2.51. The molecule has 3 aliphatic rings. The fraction of sp³-hybridized carbons (Fsp3) is 0.950. The van der Waals surface area contributed by atoms with Crippen LogP contribution in [0, 0.1) is 0 Å². The highest BCUT2D eigenvalue weighted by atomic mass is 16.7. The van der Waals surface area contributed by atoms with Crippen LogP contribution in [-0.4, -0.2) is 148 Å². The second kappa shape index (κ2) is 13.2. The molecule has 15 N–H and O–H groups in total. The number of rotatable bonds is 9. The lowest BCUT2D eigenvalue weighted by Gasteiger charge is -2.42. The van der Waals surface area contributed by atoms with Gasteiger partial charge in [-0.05, 0) is 12.8 Å². The number of carbonyl (C=O) groups excluding carboxylic acids is 1. The van der Waals surface area contributed by atoms with Gasteiger partial charge >= 0.3 is 6.03 Å². The van der Waals surface area contributed by atoms with Crippen LogP contribution in [0.4, 0.5) is 4.79 Å². The zero-order valence-electron chi connectivity index (χ0n) is 20.2. The molecule has 0 aromatic rings. The van der Waals surface area contributed by atoms with Gasteiger partial charge in [0.05, 0.1) is 31.3 Å². The van der Waals surface area contributed by atoms with Crippen LogP contribution in [0.5, 0.6) is 0 Å². The summed E-state index contributed by atoms with van der Waals surface area (Å²) in [4.78, 5) is 12.1. The van der Waals surface area contributed by atoms with Crippen molar-refractivity contribution in [1.82, 2.24) is 10.4 Å². The van der Waals surface area contributed by atoms with Crippen LogP contribution in [0.2, 0.25) is 0 Å². The van der Waals surface area contributed by atoms with Crippen molar-refractivity contribution >= 4 is 6.03 Å². The normalized spacial score (nSPS) is 44.5. The Morgan fingerprint density at radius 2 is 1.62 bits per heavy atom. The standard InChI is InChI=1S/C20H40N6O11/c21-1-2-26(33)20(32)25-8-3-7(23)4-9(13(8)28)34-19-16(31)17(11(6-27)36-19)37-18-12(24)15(30)14(29)10(5-22)35-18/h7-19,27-31,33H,1-6,21-24H2,(H,25,32)/t7-,8+,9-,10-,11+,12+,13-,14+,15+,16+,17+,18+,19+/m0/s1. The Kier molecular flexibility index (Phi) is 10.8. The number of aliphatic hydroxyl groups excluding tert-OH is 5. The van der Waals surface area contributed by atoms with E-state index < -0.39 is 92.2 Å². The maximum atomic E-state index is 12.1. The summed E-state index contributed by atoms with van der Waals surface area (Å²) >= 11 is 0. The first kappa shape index (κ1) is 30.3. The molecule has 0 aromatic heterocycles. The predicted molar refractivity (Wildman–Crippen MR) is 122 cm³/mol. The molecule has 2 saturated heterocycles. The summed E-state index contributed by atoms with van der Waals surface area (Å²) in [6.07, 6.45) is -12.2. The van der Waals surface area contributed by atoms with Crippen LogP contribution in [0.1, 0.15) is 12.8 Å². The molecular formula is C20H40N6O11. The smallest absolute Gasteiger partial charge is 0.341 e. The average molecular weight is 541 g/mol. The summed E-state index contributed by atoms with van der Waals surface area (Å²) in [6.45, 7) is -0.823. The fourth-order valence-electron chi connectivity index (χ4n) is 4.73. The molecule has 1 saturated carbocycles. The summed E-state index contributed by atoms with van der Waals surface area (Å²) in [7, 11) is 0. The number of aliphatic hydroxyl groups is 5. The summed E-state index contributed by atoms with van der Waals surface area (Å²) in [6, 6.07) is -3.46. The lowest BCUT2D eigenvalue weighted by molar-refractivity contribution is -0.280. The highest BCUT2D eigenvalue weighted by molar-refractivity contribution is 5.73. The molecular weight excluding hydrogens is 500 g/mol. The quantitative estimate of drug-likeness (QED) is 0.0957. The van der Waals surface area contributed by atoms with Crippen LogP contribution >= 0.6 is 0 Å². The number of carbonyl (C=O) groups is 1. The zero-order valence-corrected chi connectivity index (χ0v) is 20.2. The molecule has 0 radical (unpaired) electrons. The number of amides is 2. The van der Waals surface area contributed by atoms with Crippen molar-refractivity contribution in [1.29, 1.82) is 0 Å². The zero-order chi connectivity index (χ0) is 27.4. The lowest BCUT2D eigenvalue weighted by atomic mass is 9.86. The highest BCUT2D eigenvalue weighted by Crippen LogP contribution is 2.32. The van der Waals surface area contributed by atoms with Crippen molar-refractivity contribution in [2.24, 2.45) is 22.9 Å². The van der Waals surface area contributed by atoms with E-state index in [9.17, 15) is 35.5 Å². The molecule has 13 atom stereocenters. The molecule has 0 spiro atoms. The van der Waals surface area contributed by atoms with E-state index in [4.69, 9.17) is 41.9 Å². The number of nitrogens with zero attached hydrogens (tertiary/aromatic N) is 1. The molecule has 2 aliphatic heterocycles. The Morgan fingerprint density at radius 3 is 2.24 bits per heavy atom. The monoisotopic (exact) mass is 540 g/mol. The topological polar surface area (TPSA) is 295 Å². The number of hydrogen-bond acceptors (Lipinski definition) is 15. The van der Waals surface area contributed by atoms with Gasteiger partial charge < -0.3 is 72.7 Å². The van der Waals surface area contributed by atoms with E-state index in [1.165, 1.54) is 0 Å². The van der Waals surface area contributed by atoms with Crippen molar-refractivity contribution in [3.8, 4) is 0 Å². The van der Waals surface area contributed by atoms with E-state index >= 15 is 0 Å². The van der Waals surface area contributed by atoms with Gasteiger partial charge in [0, 0.05) is 19.1 Å². The molecule has 216 valence electrons. The van der Waals surface area contributed by atoms with Crippen molar-refractivity contribution < 1.29 is 54.5 Å². The second-order valence-electron chi connectivity index (χ2n) is 9.52. The Balaban J connectivity index is 1.65. The van der Waals surface area contributed by atoms with Crippen LogP contribution in [0.25, 0.3) is 0 Å². The van der Waals surface area contributed by atoms with E-state index in [1.54, 1.807) is 0 Å². The van der Waals surface area contributed by atoms with Crippen LogP contribution in [0.15, 0.2) is 0 Å². The molecule has 2 amide bonds. The summed E-state index contributed by atoms with van der Waals surface area (Å²) in [5.41, 5.74) is 22.9. The number of hydrogen-bond donors (Lipinski definition) is 11. The lowest BCUT2D eigenvalue weighted by Crippen LogP contribution is -2.64. The van der Waals surface area contributed by atoms with Crippen molar-refractivity contribution in [2.45, 2.75) is 92.4 Å². The third-order valence-electron chi connectivity index (χ3n) is 6.82. The van der Waals surface area contributed by atoms with E-state index in [-0.39, 0.29) is 32.5 Å². The second-order valence-corrected chi connectivity index (χ2v) is 9.52. The first-order chi connectivity index (χ1) is 17.5. The molecule has 0 aromatic carbocycles. The van der Waals surface area contributed by atoms with Gasteiger partial charge in [0.15, 0.2) is 12.6 Å². The Bertz CT molecular complexity index is 741. The molecule has 17 heteroatoms. The van der Waals surface area contributed by atoms with Gasteiger partial charge in [0.1, 0.15) is 42.7 Å². The molecule has 3 fully saturated rings. The van der Waals surface area contributed by atoms with Crippen molar-refractivity contribution in [3.05, 3.63) is 0 Å². The third kappa shape index (κ3) is 6.84. The van der Waals surface area contributed by atoms with Gasteiger partial charge in [-0.2, -0.15) is 0 Å². The Labute approximate surface area is 213 Å². The Morgan fingerprint density at radius 1 is 0.946 bits per heavy atom. The van der Waals surface area contributed by atoms with Gasteiger partial charge in [0.25, 0.3) is 0 Å². The number of ether oxygens (including phenoxy) is 4. The van der Waals surface area contributed by atoms with Crippen LogP contribution < -0.4 is 28.3 Å². The fourth-order valence-corrected chi connectivity index (χ4v) is 4.73. The van der Waals surface area contributed by atoms with Crippen LogP contribution in [0.3, 0.4) is 0 Å². The van der Waals surface area contributed by atoms with E-state index in [0.29, 0.717) is 5.06 Å². The molecule has 2 heterocycles.